The van der Waals surface area contributed by atoms with Crippen LogP contribution in [0.1, 0.15) is 36.8 Å². The van der Waals surface area contributed by atoms with E-state index in [1.165, 1.54) is 12.0 Å². The molecule has 29 heavy (non-hydrogen) atoms. The summed E-state index contributed by atoms with van der Waals surface area (Å²) < 4.78 is 5.88. The molecule has 0 unspecified atom stereocenters. The Bertz CT molecular complexity index is 916. The number of amides is 1. The SMILES string of the molecule is O=C(CCc1cccc(COc2ccc(-c3ccn[nH]3)nc2)c1)N1CCCCC1. The van der Waals surface area contributed by atoms with Gasteiger partial charge in [-0.2, -0.15) is 5.10 Å². The van der Waals surface area contributed by atoms with Gasteiger partial charge in [0.05, 0.1) is 17.6 Å². The Balaban J connectivity index is 1.29. The second-order valence-corrected chi connectivity index (χ2v) is 7.40. The Labute approximate surface area is 170 Å². The van der Waals surface area contributed by atoms with Crippen molar-refractivity contribution in [3.05, 3.63) is 66.0 Å². The molecule has 3 aromatic rings. The van der Waals surface area contributed by atoms with E-state index in [2.05, 4.69) is 27.3 Å². The lowest BCUT2D eigenvalue weighted by atomic mass is 10.1. The summed E-state index contributed by atoms with van der Waals surface area (Å²) in [5.41, 5.74) is 3.97. The Morgan fingerprint density at radius 1 is 1.07 bits per heavy atom. The number of hydrogen-bond acceptors (Lipinski definition) is 4. The number of aromatic amines is 1. The fraction of sp³-hybridized carbons (Fsp3) is 0.348. The average Bonchev–Trinajstić information content (AvgIpc) is 3.32. The molecule has 3 heterocycles. The molecule has 1 amide bonds. The lowest BCUT2D eigenvalue weighted by molar-refractivity contribution is -0.132. The van der Waals surface area contributed by atoms with Crippen LogP contribution in [-0.2, 0) is 17.8 Å². The van der Waals surface area contributed by atoms with Gasteiger partial charge in [0.15, 0.2) is 0 Å². The Hall–Kier alpha value is -3.15. The van der Waals surface area contributed by atoms with E-state index in [1.54, 1.807) is 12.4 Å². The maximum Gasteiger partial charge on any atom is 0.222 e. The van der Waals surface area contributed by atoms with Gasteiger partial charge in [0.1, 0.15) is 12.4 Å². The number of ether oxygens (including phenoxy) is 1. The van der Waals surface area contributed by atoms with Crippen molar-refractivity contribution in [2.24, 2.45) is 0 Å². The third-order valence-electron chi connectivity index (χ3n) is 5.25. The Morgan fingerprint density at radius 2 is 1.93 bits per heavy atom. The molecule has 6 heteroatoms. The van der Waals surface area contributed by atoms with Crippen LogP contribution < -0.4 is 4.74 Å². The molecule has 1 aromatic carbocycles. The zero-order valence-electron chi connectivity index (χ0n) is 16.5. The molecular formula is C23H26N4O2. The molecule has 1 aliphatic heterocycles. The summed E-state index contributed by atoms with van der Waals surface area (Å²) in [7, 11) is 0. The molecule has 1 N–H and O–H groups in total. The lowest BCUT2D eigenvalue weighted by Crippen LogP contribution is -2.35. The molecule has 150 valence electrons. The predicted octanol–water partition coefficient (Wildman–Crippen LogP) is 4.00. The lowest BCUT2D eigenvalue weighted by Gasteiger charge is -2.26. The molecule has 0 saturated carbocycles. The van der Waals surface area contributed by atoms with E-state index in [-0.39, 0.29) is 5.91 Å². The van der Waals surface area contributed by atoms with Crippen LogP contribution in [0.3, 0.4) is 0 Å². The third-order valence-corrected chi connectivity index (χ3v) is 5.25. The van der Waals surface area contributed by atoms with E-state index in [9.17, 15) is 4.79 Å². The highest BCUT2D eigenvalue weighted by atomic mass is 16.5. The molecule has 1 fully saturated rings. The number of pyridine rings is 1. The van der Waals surface area contributed by atoms with Gasteiger partial charge in [-0.15, -0.1) is 0 Å². The molecule has 0 radical (unpaired) electrons. The summed E-state index contributed by atoms with van der Waals surface area (Å²) in [5.74, 6) is 0.994. The fourth-order valence-electron chi connectivity index (χ4n) is 3.62. The van der Waals surface area contributed by atoms with Crippen molar-refractivity contribution in [3.8, 4) is 17.1 Å². The minimum absolute atomic E-state index is 0.273. The van der Waals surface area contributed by atoms with Crippen LogP contribution >= 0.6 is 0 Å². The van der Waals surface area contributed by atoms with E-state index in [4.69, 9.17) is 4.74 Å². The number of nitrogens with zero attached hydrogens (tertiary/aromatic N) is 3. The second-order valence-electron chi connectivity index (χ2n) is 7.40. The number of rotatable bonds is 7. The molecule has 0 aliphatic carbocycles. The van der Waals surface area contributed by atoms with Gasteiger partial charge in [-0.3, -0.25) is 14.9 Å². The first-order valence-electron chi connectivity index (χ1n) is 10.2. The highest BCUT2D eigenvalue weighted by Crippen LogP contribution is 2.18. The van der Waals surface area contributed by atoms with Crippen LogP contribution in [0.2, 0.25) is 0 Å². The second kappa shape index (κ2) is 9.37. The summed E-state index contributed by atoms with van der Waals surface area (Å²) >= 11 is 0. The quantitative estimate of drug-likeness (QED) is 0.662. The number of likely N-dealkylation sites (tertiary alicyclic amines) is 1. The van der Waals surface area contributed by atoms with Gasteiger partial charge in [0.25, 0.3) is 0 Å². The molecular weight excluding hydrogens is 364 g/mol. The number of piperidine rings is 1. The van der Waals surface area contributed by atoms with Crippen molar-refractivity contribution in [1.82, 2.24) is 20.1 Å². The van der Waals surface area contributed by atoms with Crippen LogP contribution in [0.15, 0.2) is 54.9 Å². The number of aryl methyl sites for hydroxylation is 1. The molecule has 6 nitrogen and oxygen atoms in total. The van der Waals surface area contributed by atoms with Gasteiger partial charge in [0, 0.05) is 25.7 Å². The summed E-state index contributed by atoms with van der Waals surface area (Å²) in [5, 5.41) is 6.83. The number of H-pyrrole nitrogens is 1. The van der Waals surface area contributed by atoms with Crippen LogP contribution in [0.4, 0.5) is 0 Å². The van der Waals surface area contributed by atoms with Crippen molar-refractivity contribution < 1.29 is 9.53 Å². The number of carbonyl (C=O) groups is 1. The van der Waals surface area contributed by atoms with Crippen LogP contribution in [0.5, 0.6) is 5.75 Å². The van der Waals surface area contributed by atoms with Gasteiger partial charge in [-0.25, -0.2) is 0 Å². The van der Waals surface area contributed by atoms with E-state index in [0.29, 0.717) is 13.0 Å². The van der Waals surface area contributed by atoms with E-state index in [1.807, 2.05) is 35.2 Å². The molecule has 0 atom stereocenters. The van der Waals surface area contributed by atoms with Crippen LogP contribution in [0, 0.1) is 0 Å². The van der Waals surface area contributed by atoms with Crippen LogP contribution in [0.25, 0.3) is 11.4 Å². The number of aromatic nitrogens is 3. The van der Waals surface area contributed by atoms with Gasteiger partial charge in [-0.05, 0) is 55.0 Å². The summed E-state index contributed by atoms with van der Waals surface area (Å²) in [6.45, 7) is 2.30. The molecule has 2 aromatic heterocycles. The smallest absolute Gasteiger partial charge is 0.222 e. The summed E-state index contributed by atoms with van der Waals surface area (Å²) in [6.07, 6.45) is 8.28. The van der Waals surface area contributed by atoms with E-state index in [0.717, 1.165) is 55.1 Å². The van der Waals surface area contributed by atoms with Gasteiger partial charge < -0.3 is 9.64 Å². The van der Waals surface area contributed by atoms with Crippen molar-refractivity contribution in [1.29, 1.82) is 0 Å². The number of carbonyl (C=O) groups excluding carboxylic acids is 1. The maximum absolute atomic E-state index is 12.4. The minimum Gasteiger partial charge on any atom is -0.487 e. The maximum atomic E-state index is 12.4. The standard InChI is InChI=1S/C23H26N4O2/c28-23(27-13-2-1-3-14-27)10-7-18-5-4-6-19(15-18)17-29-20-8-9-21(24-16-20)22-11-12-25-26-22/h4-6,8-9,11-12,15-16H,1-3,7,10,13-14,17H2,(H,25,26). The first kappa shape index (κ1) is 19.2. The highest BCUT2D eigenvalue weighted by Gasteiger charge is 2.16. The summed E-state index contributed by atoms with van der Waals surface area (Å²) in [6, 6.07) is 14.0. The van der Waals surface area contributed by atoms with Crippen molar-refractivity contribution in [2.45, 2.75) is 38.7 Å². The molecule has 0 bridgehead atoms. The molecule has 0 spiro atoms. The summed E-state index contributed by atoms with van der Waals surface area (Å²) in [4.78, 5) is 18.8. The first-order chi connectivity index (χ1) is 14.3. The Morgan fingerprint density at radius 3 is 2.69 bits per heavy atom. The number of hydrogen-bond donors (Lipinski definition) is 1. The Kier molecular flexibility index (Phi) is 6.19. The third kappa shape index (κ3) is 5.22. The van der Waals surface area contributed by atoms with E-state index < -0.39 is 0 Å². The number of benzene rings is 1. The van der Waals surface area contributed by atoms with Crippen LogP contribution in [-0.4, -0.2) is 39.1 Å². The molecule has 4 rings (SSSR count). The van der Waals surface area contributed by atoms with Gasteiger partial charge in [-0.1, -0.05) is 24.3 Å². The zero-order valence-corrected chi connectivity index (χ0v) is 16.5. The highest BCUT2D eigenvalue weighted by molar-refractivity contribution is 5.76. The minimum atomic E-state index is 0.273. The normalized spacial score (nSPS) is 14.0. The largest absolute Gasteiger partial charge is 0.487 e. The molecule has 1 aliphatic rings. The topological polar surface area (TPSA) is 71.1 Å². The monoisotopic (exact) mass is 390 g/mol. The average molecular weight is 390 g/mol. The van der Waals surface area contributed by atoms with E-state index >= 15 is 0 Å². The zero-order chi connectivity index (χ0) is 19.9. The predicted molar refractivity (Wildman–Crippen MR) is 111 cm³/mol. The fourth-order valence-corrected chi connectivity index (χ4v) is 3.62. The van der Waals surface area contributed by atoms with Crippen molar-refractivity contribution >= 4 is 5.91 Å². The molecule has 1 saturated heterocycles. The first-order valence-corrected chi connectivity index (χ1v) is 10.2. The number of nitrogens with one attached hydrogen (secondary N) is 1. The van der Waals surface area contributed by atoms with Gasteiger partial charge in [0.2, 0.25) is 5.91 Å². The van der Waals surface area contributed by atoms with Crippen molar-refractivity contribution in [3.63, 3.8) is 0 Å². The van der Waals surface area contributed by atoms with Crippen molar-refractivity contribution in [2.75, 3.05) is 13.1 Å². The van der Waals surface area contributed by atoms with Gasteiger partial charge >= 0.3 is 0 Å².